The smallest absolute Gasteiger partial charge is 0.462 e. The number of phosphoric ester groups is 2. The van der Waals surface area contributed by atoms with Crippen LogP contribution in [0.4, 0.5) is 0 Å². The van der Waals surface area contributed by atoms with Crippen molar-refractivity contribution in [3.05, 3.63) is 0 Å². The fourth-order valence-corrected chi connectivity index (χ4v) is 9.80. The number of hydrogen-bond donors (Lipinski definition) is 3. The third-order valence-corrected chi connectivity index (χ3v) is 14.8. The molecular weight excluding hydrogens is 1010 g/mol. The number of esters is 4. The molecule has 0 aromatic rings. The molecule has 0 saturated carbocycles. The second-order valence-electron chi connectivity index (χ2n) is 20.3. The second-order valence-corrected chi connectivity index (χ2v) is 23.2. The summed E-state index contributed by atoms with van der Waals surface area (Å²) in [5.41, 5.74) is 0. The first-order valence-corrected chi connectivity index (χ1v) is 32.8. The van der Waals surface area contributed by atoms with Gasteiger partial charge in [0.1, 0.15) is 19.3 Å². The Labute approximate surface area is 454 Å². The normalized spacial score (nSPS) is 14.4. The van der Waals surface area contributed by atoms with Gasteiger partial charge in [-0.05, 0) is 25.7 Å². The molecule has 0 bridgehead atoms. The minimum Gasteiger partial charge on any atom is -0.462 e. The van der Waals surface area contributed by atoms with Crippen molar-refractivity contribution in [2.45, 2.75) is 296 Å². The molecule has 0 amide bonds. The van der Waals surface area contributed by atoms with E-state index < -0.39 is 97.5 Å². The number of ether oxygens (including phenoxy) is 4. The Balaban J connectivity index is 5.01. The minimum atomic E-state index is -4.93. The molecule has 0 heterocycles. The molecule has 19 heteroatoms. The third-order valence-electron chi connectivity index (χ3n) is 12.9. The van der Waals surface area contributed by atoms with E-state index in [1.165, 1.54) is 89.9 Å². The highest BCUT2D eigenvalue weighted by atomic mass is 31.2. The first-order valence-electron chi connectivity index (χ1n) is 29.8. The molecule has 0 aliphatic carbocycles. The Hall–Kier alpha value is -1.94. The van der Waals surface area contributed by atoms with E-state index >= 15 is 0 Å². The van der Waals surface area contributed by atoms with E-state index in [9.17, 15) is 43.2 Å². The van der Waals surface area contributed by atoms with Crippen LogP contribution in [0.2, 0.25) is 0 Å². The predicted molar refractivity (Wildman–Crippen MR) is 294 cm³/mol. The Morgan fingerprint density at radius 1 is 0.320 bits per heavy atom. The summed E-state index contributed by atoms with van der Waals surface area (Å²) in [5, 5.41) is 10.4. The molecule has 0 radical (unpaired) electrons. The quantitative estimate of drug-likeness (QED) is 0.0222. The van der Waals surface area contributed by atoms with E-state index in [2.05, 4.69) is 27.7 Å². The SMILES string of the molecule is CCCCCCCCCCCCCCCCCCCCC(=O)O[C@H](COC(=O)CCCCCCCCC)COP(=O)(O)OC[C@@H](O)COP(=O)(O)OC[C@@H](COC(=O)CCCCCCC)OC(=O)CCCCCCC. The lowest BCUT2D eigenvalue weighted by atomic mass is 10.0. The van der Waals surface area contributed by atoms with Crippen LogP contribution in [0.25, 0.3) is 0 Å². The van der Waals surface area contributed by atoms with Crippen LogP contribution in [0, 0.1) is 0 Å². The molecule has 3 N–H and O–H groups in total. The van der Waals surface area contributed by atoms with Gasteiger partial charge in [0.15, 0.2) is 12.2 Å². The van der Waals surface area contributed by atoms with Crippen LogP contribution < -0.4 is 0 Å². The molecule has 0 aliphatic rings. The van der Waals surface area contributed by atoms with Gasteiger partial charge in [-0.15, -0.1) is 0 Å². The van der Waals surface area contributed by atoms with Gasteiger partial charge in [0.2, 0.25) is 0 Å². The lowest BCUT2D eigenvalue weighted by Gasteiger charge is -2.21. The summed E-state index contributed by atoms with van der Waals surface area (Å²) in [6.07, 6.45) is 34.5. The molecular formula is C56H108O17P2. The molecule has 17 nitrogen and oxygen atoms in total. The first-order chi connectivity index (χ1) is 36.2. The summed E-state index contributed by atoms with van der Waals surface area (Å²) < 4.78 is 67.1. The summed E-state index contributed by atoms with van der Waals surface area (Å²) in [6.45, 7) is 4.61. The van der Waals surface area contributed by atoms with E-state index in [0.29, 0.717) is 25.7 Å². The highest BCUT2D eigenvalue weighted by Gasteiger charge is 2.30. The van der Waals surface area contributed by atoms with Crippen molar-refractivity contribution in [3.63, 3.8) is 0 Å². The van der Waals surface area contributed by atoms with E-state index in [-0.39, 0.29) is 25.7 Å². The van der Waals surface area contributed by atoms with Crippen molar-refractivity contribution >= 4 is 39.5 Å². The van der Waals surface area contributed by atoms with Gasteiger partial charge in [-0.1, -0.05) is 227 Å². The van der Waals surface area contributed by atoms with Crippen molar-refractivity contribution < 1.29 is 80.2 Å². The number of carbonyl (C=O) groups is 4. The largest absolute Gasteiger partial charge is 0.472 e. The first kappa shape index (κ1) is 73.1. The predicted octanol–water partition coefficient (Wildman–Crippen LogP) is 14.8. The molecule has 0 aliphatic heterocycles. The summed E-state index contributed by atoms with van der Waals surface area (Å²) in [5.74, 6) is -2.17. The van der Waals surface area contributed by atoms with E-state index in [4.69, 9.17) is 37.0 Å². The van der Waals surface area contributed by atoms with Gasteiger partial charge in [0, 0.05) is 25.7 Å². The number of aliphatic hydroxyl groups excluding tert-OH is 1. The van der Waals surface area contributed by atoms with Crippen molar-refractivity contribution in [2.24, 2.45) is 0 Å². The highest BCUT2D eigenvalue weighted by molar-refractivity contribution is 7.47. The van der Waals surface area contributed by atoms with Gasteiger partial charge < -0.3 is 33.8 Å². The molecule has 0 rings (SSSR count). The standard InChI is InChI=1S/C56H108O17P2/c1-5-9-13-17-19-20-21-22-23-24-25-26-27-28-29-31-35-39-43-56(61)73-52(47-67-54(59)41-37-34-30-18-14-10-6-2)49-71-75(64,65)69-45-50(57)44-68-74(62,63)70-48-51(72-55(60)42-38-33-16-12-8-4)46-66-53(58)40-36-32-15-11-7-3/h50-52,57H,5-49H2,1-4H3,(H,62,63)(H,64,65)/t50-,51+,52+/m0/s1. The number of phosphoric acid groups is 2. The number of hydrogen-bond acceptors (Lipinski definition) is 15. The summed E-state index contributed by atoms with van der Waals surface area (Å²) >= 11 is 0. The van der Waals surface area contributed by atoms with Crippen LogP contribution in [0.1, 0.15) is 278 Å². The Morgan fingerprint density at radius 2 is 0.533 bits per heavy atom. The molecule has 444 valence electrons. The molecule has 75 heavy (non-hydrogen) atoms. The van der Waals surface area contributed by atoms with Crippen LogP contribution >= 0.6 is 15.6 Å². The van der Waals surface area contributed by atoms with Gasteiger partial charge in [-0.3, -0.25) is 37.3 Å². The van der Waals surface area contributed by atoms with Gasteiger partial charge in [0.05, 0.1) is 26.4 Å². The van der Waals surface area contributed by atoms with Crippen molar-refractivity contribution in [2.75, 3.05) is 39.6 Å². The fraction of sp³-hybridized carbons (Fsp3) is 0.929. The topological polar surface area (TPSA) is 237 Å². The molecule has 0 saturated heterocycles. The molecule has 0 fully saturated rings. The van der Waals surface area contributed by atoms with Crippen LogP contribution in [-0.4, -0.2) is 96.7 Å². The molecule has 2 unspecified atom stereocenters. The van der Waals surface area contributed by atoms with Crippen LogP contribution in [0.5, 0.6) is 0 Å². The fourth-order valence-electron chi connectivity index (χ4n) is 8.22. The average molecular weight is 1120 g/mol. The van der Waals surface area contributed by atoms with Crippen molar-refractivity contribution in [1.82, 2.24) is 0 Å². The van der Waals surface area contributed by atoms with E-state index in [1.54, 1.807) is 0 Å². The van der Waals surface area contributed by atoms with Gasteiger partial charge >= 0.3 is 39.5 Å². The maximum atomic E-state index is 12.9. The number of rotatable bonds is 57. The lowest BCUT2D eigenvalue weighted by Crippen LogP contribution is -2.30. The maximum absolute atomic E-state index is 12.9. The molecule has 0 aromatic carbocycles. The maximum Gasteiger partial charge on any atom is 0.472 e. The lowest BCUT2D eigenvalue weighted by molar-refractivity contribution is -0.161. The zero-order valence-corrected chi connectivity index (χ0v) is 49.3. The third kappa shape index (κ3) is 51.3. The van der Waals surface area contributed by atoms with Crippen molar-refractivity contribution in [1.29, 1.82) is 0 Å². The number of unbranched alkanes of at least 4 members (excludes halogenated alkanes) is 31. The van der Waals surface area contributed by atoms with E-state index in [0.717, 1.165) is 109 Å². The summed E-state index contributed by atoms with van der Waals surface area (Å²) in [4.78, 5) is 71.2. The zero-order chi connectivity index (χ0) is 55.5. The summed E-state index contributed by atoms with van der Waals surface area (Å²) in [7, 11) is -9.84. The van der Waals surface area contributed by atoms with Crippen LogP contribution in [0.15, 0.2) is 0 Å². The van der Waals surface area contributed by atoms with Gasteiger partial charge in [-0.2, -0.15) is 0 Å². The Morgan fingerprint density at radius 3 is 0.787 bits per heavy atom. The van der Waals surface area contributed by atoms with Crippen LogP contribution in [0.3, 0.4) is 0 Å². The van der Waals surface area contributed by atoms with Crippen LogP contribution in [-0.2, 0) is 65.4 Å². The van der Waals surface area contributed by atoms with Crippen molar-refractivity contribution in [3.8, 4) is 0 Å². The molecule has 0 aromatic heterocycles. The zero-order valence-electron chi connectivity index (χ0n) is 47.5. The second kappa shape index (κ2) is 51.5. The van der Waals surface area contributed by atoms with Gasteiger partial charge in [-0.25, -0.2) is 9.13 Å². The molecule has 0 spiro atoms. The summed E-state index contributed by atoms with van der Waals surface area (Å²) in [6, 6.07) is 0. The highest BCUT2D eigenvalue weighted by Crippen LogP contribution is 2.45. The Bertz CT molecular complexity index is 1470. The Kier molecular flexibility index (Phi) is 50.2. The van der Waals surface area contributed by atoms with Gasteiger partial charge in [0.25, 0.3) is 0 Å². The number of aliphatic hydroxyl groups is 1. The minimum absolute atomic E-state index is 0.0990. The van der Waals surface area contributed by atoms with E-state index in [1.807, 2.05) is 0 Å². The average Bonchev–Trinajstić information content (AvgIpc) is 3.38. The monoisotopic (exact) mass is 1110 g/mol. The number of carbonyl (C=O) groups excluding carboxylic acids is 4. The molecule has 5 atom stereocenters.